The minimum atomic E-state index is -0.782. The first kappa shape index (κ1) is 17.3. The summed E-state index contributed by atoms with van der Waals surface area (Å²) in [5.41, 5.74) is 3.16. The number of hydrogen-bond donors (Lipinski definition) is 1. The molecule has 6 heteroatoms. The van der Waals surface area contributed by atoms with E-state index in [-0.39, 0.29) is 12.0 Å². The van der Waals surface area contributed by atoms with Crippen molar-refractivity contribution in [3.8, 4) is 22.1 Å². The van der Waals surface area contributed by atoms with Crippen molar-refractivity contribution >= 4 is 17.3 Å². The van der Waals surface area contributed by atoms with Gasteiger partial charge in [0.25, 0.3) is 0 Å². The largest absolute Gasteiger partial charge is 0.493 e. The molecule has 1 saturated carbocycles. The molecule has 3 unspecified atom stereocenters. The highest BCUT2D eigenvalue weighted by Gasteiger charge is 2.63. The van der Waals surface area contributed by atoms with Gasteiger partial charge in [0.05, 0.1) is 12.3 Å². The normalized spacial score (nSPS) is 21.5. The number of fused-ring (bicyclic) bond motifs is 3. The van der Waals surface area contributed by atoms with Crippen LogP contribution in [0.1, 0.15) is 22.1 Å². The minimum absolute atomic E-state index is 0.00204. The molecule has 2 aromatic carbocycles. The second-order valence-electron chi connectivity index (χ2n) is 7.16. The van der Waals surface area contributed by atoms with Crippen molar-refractivity contribution in [2.24, 2.45) is 5.92 Å². The first-order chi connectivity index (χ1) is 13.6. The van der Waals surface area contributed by atoms with Crippen molar-refractivity contribution in [3.05, 3.63) is 64.7 Å². The molecular formula is C22H19NO4S. The van der Waals surface area contributed by atoms with E-state index in [9.17, 15) is 4.79 Å². The predicted octanol–water partition coefficient (Wildman–Crippen LogP) is 4.30. The van der Waals surface area contributed by atoms with Gasteiger partial charge in [-0.05, 0) is 13.0 Å². The maximum atomic E-state index is 11.1. The quantitative estimate of drug-likeness (QED) is 0.676. The minimum Gasteiger partial charge on any atom is -0.493 e. The van der Waals surface area contributed by atoms with Gasteiger partial charge in [-0.1, -0.05) is 36.4 Å². The number of thiazole rings is 1. The van der Waals surface area contributed by atoms with Crippen LogP contribution in [0.25, 0.3) is 10.6 Å². The average molecular weight is 393 g/mol. The van der Waals surface area contributed by atoms with E-state index in [2.05, 4.69) is 17.1 Å². The van der Waals surface area contributed by atoms with Gasteiger partial charge >= 0.3 is 5.97 Å². The number of carboxylic acids is 1. The summed E-state index contributed by atoms with van der Waals surface area (Å²) in [7, 11) is 0. The summed E-state index contributed by atoms with van der Waals surface area (Å²) >= 11 is 1.71. The van der Waals surface area contributed by atoms with Gasteiger partial charge in [-0.25, -0.2) is 4.98 Å². The van der Waals surface area contributed by atoms with Crippen LogP contribution in [-0.2, 0) is 11.2 Å². The summed E-state index contributed by atoms with van der Waals surface area (Å²) in [6, 6.07) is 15.9. The summed E-state index contributed by atoms with van der Waals surface area (Å²) in [5.74, 6) is 0.323. The Hall–Kier alpha value is -2.86. The van der Waals surface area contributed by atoms with E-state index in [0.29, 0.717) is 6.61 Å². The highest BCUT2D eigenvalue weighted by molar-refractivity contribution is 7.15. The number of aliphatic carboxylic acids is 1. The number of nitrogens with zero attached hydrogens (tertiary/aromatic N) is 1. The number of hydrogen-bond acceptors (Lipinski definition) is 5. The van der Waals surface area contributed by atoms with Gasteiger partial charge in [-0.15, -0.1) is 11.3 Å². The lowest BCUT2D eigenvalue weighted by atomic mass is 10.1. The lowest BCUT2D eigenvalue weighted by Gasteiger charge is -2.10. The molecule has 1 aliphatic carbocycles. The molecule has 2 heterocycles. The Morgan fingerprint density at radius 2 is 2.07 bits per heavy atom. The van der Waals surface area contributed by atoms with Crippen LogP contribution in [0.3, 0.4) is 0 Å². The van der Waals surface area contributed by atoms with Crippen molar-refractivity contribution in [1.29, 1.82) is 0 Å². The van der Waals surface area contributed by atoms with E-state index in [1.807, 2.05) is 43.3 Å². The molecule has 28 heavy (non-hydrogen) atoms. The van der Waals surface area contributed by atoms with Crippen molar-refractivity contribution in [2.45, 2.75) is 25.4 Å². The fraction of sp³-hybridized carbons (Fsp3) is 0.273. The summed E-state index contributed by atoms with van der Waals surface area (Å²) in [5, 5.41) is 10.2. The molecular weight excluding hydrogens is 374 g/mol. The van der Waals surface area contributed by atoms with Crippen molar-refractivity contribution in [3.63, 3.8) is 0 Å². The molecule has 0 bridgehead atoms. The zero-order valence-electron chi connectivity index (χ0n) is 15.3. The molecule has 2 aliphatic rings. The molecule has 1 N–H and O–H groups in total. The first-order valence-corrected chi connectivity index (χ1v) is 10.1. The average Bonchev–Trinajstić information content (AvgIpc) is 3.10. The summed E-state index contributed by atoms with van der Waals surface area (Å²) in [6.07, 6.45) is 0.583. The highest BCUT2D eigenvalue weighted by atomic mass is 32.1. The van der Waals surface area contributed by atoms with Gasteiger partial charge in [0.2, 0.25) is 0 Å². The zero-order chi connectivity index (χ0) is 19.3. The number of ether oxygens (including phenoxy) is 2. The second kappa shape index (κ2) is 6.63. The van der Waals surface area contributed by atoms with E-state index >= 15 is 0 Å². The number of carboxylic acid groups (broad SMARTS) is 1. The number of benzene rings is 2. The van der Waals surface area contributed by atoms with Crippen molar-refractivity contribution in [2.75, 3.05) is 6.61 Å². The van der Waals surface area contributed by atoms with Crippen LogP contribution in [-0.4, -0.2) is 28.8 Å². The third-order valence-corrected chi connectivity index (χ3v) is 6.62. The molecule has 1 aromatic heterocycles. The fourth-order valence-corrected chi connectivity index (χ4v) is 4.90. The fourth-order valence-electron chi connectivity index (χ4n) is 3.85. The predicted molar refractivity (Wildman–Crippen MR) is 106 cm³/mol. The highest BCUT2D eigenvalue weighted by Crippen LogP contribution is 2.58. The van der Waals surface area contributed by atoms with Crippen LogP contribution in [0, 0.1) is 12.8 Å². The third-order valence-electron chi connectivity index (χ3n) is 5.36. The smallest absolute Gasteiger partial charge is 0.311 e. The van der Waals surface area contributed by atoms with Crippen LogP contribution in [0.5, 0.6) is 11.5 Å². The Bertz CT molecular complexity index is 1050. The van der Waals surface area contributed by atoms with Gasteiger partial charge in [0.1, 0.15) is 28.5 Å². The van der Waals surface area contributed by atoms with Crippen molar-refractivity contribution < 1.29 is 19.4 Å². The van der Waals surface area contributed by atoms with E-state index in [1.165, 1.54) is 4.88 Å². The van der Waals surface area contributed by atoms with Gasteiger partial charge < -0.3 is 14.6 Å². The van der Waals surface area contributed by atoms with Crippen molar-refractivity contribution in [1.82, 2.24) is 4.98 Å². The number of aromatic nitrogens is 1. The van der Waals surface area contributed by atoms with E-state index in [1.54, 1.807) is 11.3 Å². The van der Waals surface area contributed by atoms with Gasteiger partial charge in [0.15, 0.2) is 0 Å². The summed E-state index contributed by atoms with van der Waals surface area (Å²) < 4.78 is 11.7. The molecule has 5 rings (SSSR count). The van der Waals surface area contributed by atoms with Crippen LogP contribution >= 0.6 is 11.3 Å². The lowest BCUT2D eigenvalue weighted by Crippen LogP contribution is -2.08. The topological polar surface area (TPSA) is 68.7 Å². The Morgan fingerprint density at radius 3 is 2.86 bits per heavy atom. The molecule has 1 aliphatic heterocycles. The summed E-state index contributed by atoms with van der Waals surface area (Å²) in [6.45, 7) is 2.59. The lowest BCUT2D eigenvalue weighted by molar-refractivity contribution is -0.139. The maximum absolute atomic E-state index is 11.1. The van der Waals surface area contributed by atoms with Crippen LogP contribution in [0.2, 0.25) is 0 Å². The van der Waals surface area contributed by atoms with E-state index in [0.717, 1.165) is 39.7 Å². The first-order valence-electron chi connectivity index (χ1n) is 9.30. The van der Waals surface area contributed by atoms with Gasteiger partial charge in [-0.3, -0.25) is 4.79 Å². The maximum Gasteiger partial charge on any atom is 0.311 e. The zero-order valence-corrected chi connectivity index (χ0v) is 16.1. The molecule has 5 nitrogen and oxygen atoms in total. The van der Waals surface area contributed by atoms with E-state index < -0.39 is 11.9 Å². The SMILES string of the molecule is Cc1nc(-c2ccccc2)sc1CCOc1ccc2c(c1)OC1C(C(=O)O)C21. The molecule has 1 fully saturated rings. The number of carbonyl (C=O) groups is 1. The molecule has 3 atom stereocenters. The molecule has 0 radical (unpaired) electrons. The standard InChI is InChI=1S/C22H19NO4S/c1-12-17(28-21(23-12)13-5-3-2-4-6-13)9-10-26-14-7-8-15-16(11-14)27-20-18(15)19(20)22(24)25/h2-8,11,18-20H,9-10H2,1H3,(H,24,25). The van der Waals surface area contributed by atoms with Crippen LogP contribution in [0.15, 0.2) is 48.5 Å². The monoisotopic (exact) mass is 393 g/mol. The Kier molecular flexibility index (Phi) is 4.09. The number of aryl methyl sites for hydroxylation is 1. The Labute approximate surface area is 166 Å². The van der Waals surface area contributed by atoms with Gasteiger partial charge in [0, 0.05) is 34.4 Å². The Balaban J connectivity index is 1.22. The molecule has 0 saturated heterocycles. The molecule has 0 amide bonds. The second-order valence-corrected chi connectivity index (χ2v) is 8.25. The van der Waals surface area contributed by atoms with Crippen LogP contribution in [0.4, 0.5) is 0 Å². The molecule has 0 spiro atoms. The third kappa shape index (κ3) is 2.94. The van der Waals surface area contributed by atoms with Crippen LogP contribution < -0.4 is 9.47 Å². The number of rotatable bonds is 6. The molecule has 142 valence electrons. The summed E-state index contributed by atoms with van der Waals surface area (Å²) in [4.78, 5) is 17.0. The Morgan fingerprint density at radius 1 is 1.25 bits per heavy atom. The van der Waals surface area contributed by atoms with E-state index in [4.69, 9.17) is 14.6 Å². The van der Waals surface area contributed by atoms with Gasteiger partial charge in [-0.2, -0.15) is 0 Å². The molecule has 3 aromatic rings.